The molecule has 1 aliphatic rings. The quantitative estimate of drug-likeness (QED) is 0.865. The lowest BCUT2D eigenvalue weighted by Crippen LogP contribution is -2.46. The van der Waals surface area contributed by atoms with Crippen molar-refractivity contribution >= 4 is 0 Å². The van der Waals surface area contributed by atoms with Gasteiger partial charge in [-0.25, -0.2) is 0 Å². The zero-order valence-electron chi connectivity index (χ0n) is 10.7. The van der Waals surface area contributed by atoms with Gasteiger partial charge in [-0.15, -0.1) is 0 Å². The van der Waals surface area contributed by atoms with E-state index in [1.807, 2.05) is 18.2 Å². The average molecular weight is 251 g/mol. The summed E-state index contributed by atoms with van der Waals surface area (Å²) in [4.78, 5) is 0. The Bertz CT molecular complexity index is 344. The molecule has 100 valence electrons. The van der Waals surface area contributed by atoms with Crippen molar-refractivity contribution in [2.24, 2.45) is 5.73 Å². The van der Waals surface area contributed by atoms with Crippen molar-refractivity contribution in [2.75, 3.05) is 13.7 Å². The molecular weight excluding hydrogens is 230 g/mol. The molecule has 2 rings (SSSR count). The summed E-state index contributed by atoms with van der Waals surface area (Å²) < 4.78 is 16.6. The van der Waals surface area contributed by atoms with Gasteiger partial charge in [0.25, 0.3) is 0 Å². The van der Waals surface area contributed by atoms with Gasteiger partial charge in [-0.2, -0.15) is 0 Å². The number of benzene rings is 1. The van der Waals surface area contributed by atoms with Crippen LogP contribution in [0.3, 0.4) is 0 Å². The second-order valence-electron chi connectivity index (χ2n) is 4.60. The van der Waals surface area contributed by atoms with Gasteiger partial charge in [0.1, 0.15) is 0 Å². The summed E-state index contributed by atoms with van der Waals surface area (Å²) in [5.74, 6) is 0. The molecule has 3 unspecified atom stereocenters. The zero-order valence-corrected chi connectivity index (χ0v) is 10.7. The zero-order chi connectivity index (χ0) is 12.8. The molecule has 0 bridgehead atoms. The molecule has 1 aromatic rings. The Morgan fingerprint density at radius 3 is 2.78 bits per heavy atom. The fraction of sp³-hybridized carbons (Fsp3) is 0.571. The van der Waals surface area contributed by atoms with E-state index in [9.17, 15) is 0 Å². The van der Waals surface area contributed by atoms with Gasteiger partial charge in [-0.1, -0.05) is 30.3 Å². The van der Waals surface area contributed by atoms with Crippen LogP contribution in [0.5, 0.6) is 0 Å². The maximum absolute atomic E-state index is 5.88. The molecule has 0 radical (unpaired) electrons. The van der Waals surface area contributed by atoms with Gasteiger partial charge < -0.3 is 19.9 Å². The molecule has 1 aliphatic heterocycles. The second-order valence-corrected chi connectivity index (χ2v) is 4.60. The fourth-order valence-electron chi connectivity index (χ4n) is 2.11. The van der Waals surface area contributed by atoms with Crippen molar-refractivity contribution in [2.45, 2.75) is 37.9 Å². The Morgan fingerprint density at radius 1 is 1.28 bits per heavy atom. The Kier molecular flexibility index (Phi) is 5.13. The molecule has 0 saturated carbocycles. The molecule has 1 heterocycles. The third-order valence-corrected chi connectivity index (χ3v) is 3.15. The van der Waals surface area contributed by atoms with Crippen LogP contribution in [0.25, 0.3) is 0 Å². The lowest BCUT2D eigenvalue weighted by atomic mass is 10.1. The number of rotatable bonds is 5. The molecule has 18 heavy (non-hydrogen) atoms. The average Bonchev–Trinajstić information content (AvgIpc) is 2.42. The van der Waals surface area contributed by atoms with Crippen LogP contribution in [0.2, 0.25) is 0 Å². The molecule has 4 nitrogen and oxygen atoms in total. The number of methoxy groups -OCH3 is 1. The predicted octanol–water partition coefficient (Wildman–Crippen LogP) is 1.68. The molecule has 0 amide bonds. The number of nitrogens with two attached hydrogens (primary N) is 1. The Morgan fingerprint density at radius 2 is 2.06 bits per heavy atom. The molecule has 1 saturated heterocycles. The van der Waals surface area contributed by atoms with E-state index in [4.69, 9.17) is 19.9 Å². The molecule has 0 aliphatic carbocycles. The van der Waals surface area contributed by atoms with Crippen molar-refractivity contribution < 1.29 is 14.2 Å². The minimum absolute atomic E-state index is 0.0274. The number of hydrogen-bond acceptors (Lipinski definition) is 4. The first-order valence-electron chi connectivity index (χ1n) is 6.35. The number of hydrogen-bond donors (Lipinski definition) is 1. The lowest BCUT2D eigenvalue weighted by molar-refractivity contribution is -0.201. The van der Waals surface area contributed by atoms with Crippen molar-refractivity contribution in [1.82, 2.24) is 0 Å². The second kappa shape index (κ2) is 6.85. The monoisotopic (exact) mass is 251 g/mol. The van der Waals surface area contributed by atoms with Crippen LogP contribution >= 0.6 is 0 Å². The highest BCUT2D eigenvalue weighted by Gasteiger charge is 2.28. The van der Waals surface area contributed by atoms with Crippen LogP contribution in [0.1, 0.15) is 18.4 Å². The summed E-state index contributed by atoms with van der Waals surface area (Å²) in [6.45, 7) is 1.20. The molecule has 4 heteroatoms. The van der Waals surface area contributed by atoms with Crippen LogP contribution in [-0.4, -0.2) is 32.2 Å². The third kappa shape index (κ3) is 3.78. The third-order valence-electron chi connectivity index (χ3n) is 3.15. The van der Waals surface area contributed by atoms with E-state index in [1.165, 1.54) is 5.56 Å². The Balaban J connectivity index is 1.71. The Labute approximate surface area is 108 Å². The SMILES string of the molecule is COC1OC(COCc2ccccc2)CCC1N. The first kappa shape index (κ1) is 13.5. The van der Waals surface area contributed by atoms with Crippen LogP contribution in [-0.2, 0) is 20.8 Å². The van der Waals surface area contributed by atoms with Crippen molar-refractivity contribution in [3.8, 4) is 0 Å². The van der Waals surface area contributed by atoms with E-state index >= 15 is 0 Å². The van der Waals surface area contributed by atoms with Gasteiger partial charge in [0.2, 0.25) is 0 Å². The van der Waals surface area contributed by atoms with Crippen LogP contribution in [0, 0.1) is 0 Å². The minimum Gasteiger partial charge on any atom is -0.374 e. The highest BCUT2D eigenvalue weighted by molar-refractivity contribution is 5.13. The maximum atomic E-state index is 5.88. The number of ether oxygens (including phenoxy) is 3. The normalized spacial score (nSPS) is 28.2. The molecule has 0 spiro atoms. The van der Waals surface area contributed by atoms with E-state index in [0.717, 1.165) is 12.8 Å². The maximum Gasteiger partial charge on any atom is 0.172 e. The molecule has 0 aromatic heterocycles. The van der Waals surface area contributed by atoms with Gasteiger partial charge in [0.15, 0.2) is 6.29 Å². The highest BCUT2D eigenvalue weighted by Crippen LogP contribution is 2.19. The van der Waals surface area contributed by atoms with Gasteiger partial charge in [-0.05, 0) is 18.4 Å². The predicted molar refractivity (Wildman–Crippen MR) is 69.0 cm³/mol. The van der Waals surface area contributed by atoms with Crippen LogP contribution < -0.4 is 5.73 Å². The smallest absolute Gasteiger partial charge is 0.172 e. The van der Waals surface area contributed by atoms with Crippen molar-refractivity contribution in [1.29, 1.82) is 0 Å². The van der Waals surface area contributed by atoms with Gasteiger partial charge in [0, 0.05) is 7.11 Å². The standard InChI is InChI=1S/C14H21NO3/c1-16-14-13(15)8-7-12(18-14)10-17-9-11-5-3-2-4-6-11/h2-6,12-14H,7-10,15H2,1H3. The van der Waals surface area contributed by atoms with Gasteiger partial charge in [-0.3, -0.25) is 0 Å². The first-order chi connectivity index (χ1) is 8.79. The molecule has 2 N–H and O–H groups in total. The topological polar surface area (TPSA) is 53.7 Å². The van der Waals surface area contributed by atoms with Crippen LogP contribution in [0.15, 0.2) is 30.3 Å². The lowest BCUT2D eigenvalue weighted by Gasteiger charge is -2.33. The summed E-state index contributed by atoms with van der Waals surface area (Å²) in [6.07, 6.45) is 1.62. The molecule has 1 aromatic carbocycles. The van der Waals surface area contributed by atoms with Gasteiger partial charge >= 0.3 is 0 Å². The van der Waals surface area contributed by atoms with Crippen molar-refractivity contribution in [3.63, 3.8) is 0 Å². The van der Waals surface area contributed by atoms with Crippen molar-refractivity contribution in [3.05, 3.63) is 35.9 Å². The highest BCUT2D eigenvalue weighted by atomic mass is 16.7. The molecular formula is C14H21NO3. The van der Waals surface area contributed by atoms with E-state index in [2.05, 4.69) is 12.1 Å². The van der Waals surface area contributed by atoms with Gasteiger partial charge in [0.05, 0.1) is 25.4 Å². The summed E-state index contributed by atoms with van der Waals surface area (Å²) in [7, 11) is 1.62. The van der Waals surface area contributed by atoms with E-state index < -0.39 is 0 Å². The van der Waals surface area contributed by atoms with E-state index in [1.54, 1.807) is 7.11 Å². The summed E-state index contributed by atoms with van der Waals surface area (Å²) in [5, 5.41) is 0. The Hall–Kier alpha value is -0.940. The minimum atomic E-state index is -0.302. The van der Waals surface area contributed by atoms with Crippen LogP contribution in [0.4, 0.5) is 0 Å². The van der Waals surface area contributed by atoms with E-state index in [0.29, 0.717) is 13.2 Å². The first-order valence-corrected chi connectivity index (χ1v) is 6.35. The summed E-state index contributed by atoms with van der Waals surface area (Å²) >= 11 is 0. The summed E-state index contributed by atoms with van der Waals surface area (Å²) in [6, 6.07) is 10.1. The van der Waals surface area contributed by atoms with E-state index in [-0.39, 0.29) is 18.4 Å². The molecule has 3 atom stereocenters. The fourth-order valence-corrected chi connectivity index (χ4v) is 2.11. The largest absolute Gasteiger partial charge is 0.374 e. The summed E-state index contributed by atoms with van der Waals surface area (Å²) in [5.41, 5.74) is 7.05. The molecule has 1 fully saturated rings.